The first-order valence-corrected chi connectivity index (χ1v) is 4.20. The normalized spacial score (nSPS) is 14.7. The fourth-order valence-corrected chi connectivity index (χ4v) is 1.00. The van der Waals surface area contributed by atoms with Crippen LogP contribution in [0.5, 0.6) is 0 Å². The fraction of sp³-hybridized carbons (Fsp3) is 0.273. The van der Waals surface area contributed by atoms with Gasteiger partial charge in [-0.25, -0.2) is 0 Å². The van der Waals surface area contributed by atoms with E-state index in [0.717, 1.165) is 17.8 Å². The summed E-state index contributed by atoms with van der Waals surface area (Å²) < 4.78 is 0. The maximum atomic E-state index is 3.80. The zero-order chi connectivity index (χ0) is 9.56. The van der Waals surface area contributed by atoms with Gasteiger partial charge in [0.15, 0.2) is 0 Å². The Labute approximate surface area is 75.2 Å². The van der Waals surface area contributed by atoms with Crippen molar-refractivity contribution in [3.8, 4) is 0 Å². The monoisotopic (exact) mass is 163 g/mol. The molecule has 1 N–H and O–H groups in total. The van der Waals surface area contributed by atoms with Gasteiger partial charge in [0.1, 0.15) is 0 Å². The molecule has 0 aromatic heterocycles. The molecule has 0 amide bonds. The lowest BCUT2D eigenvalue weighted by atomic mass is 10.2. The van der Waals surface area contributed by atoms with Gasteiger partial charge in [-0.15, -0.1) is 0 Å². The smallest absolute Gasteiger partial charge is 0.0412 e. The molecule has 0 fully saturated rings. The van der Waals surface area contributed by atoms with Gasteiger partial charge < -0.3 is 5.32 Å². The minimum absolute atomic E-state index is 0.880. The molecular weight excluding hydrogens is 146 g/mol. The topological polar surface area (TPSA) is 12.0 Å². The molecule has 0 radical (unpaired) electrons. The first kappa shape index (κ1) is 10.8. The van der Waals surface area contributed by atoms with Crippen molar-refractivity contribution in [1.82, 2.24) is 5.32 Å². The SMILES string of the molecule is C=CC1=C(C=C)NC(=C)C1.CC. The lowest BCUT2D eigenvalue weighted by Gasteiger charge is -1.95. The highest BCUT2D eigenvalue weighted by Gasteiger charge is 2.10. The maximum absolute atomic E-state index is 3.80. The Balaban J connectivity index is 0.000000561. The van der Waals surface area contributed by atoms with Crippen molar-refractivity contribution in [2.75, 3.05) is 0 Å². The Morgan fingerprint density at radius 3 is 2.17 bits per heavy atom. The van der Waals surface area contributed by atoms with Crippen LogP contribution in [0.4, 0.5) is 0 Å². The van der Waals surface area contributed by atoms with E-state index in [1.165, 1.54) is 5.57 Å². The average molecular weight is 163 g/mol. The van der Waals surface area contributed by atoms with Crippen LogP contribution in [-0.2, 0) is 0 Å². The van der Waals surface area contributed by atoms with Crippen LogP contribution in [0.2, 0.25) is 0 Å². The van der Waals surface area contributed by atoms with E-state index in [4.69, 9.17) is 0 Å². The Morgan fingerprint density at radius 1 is 1.25 bits per heavy atom. The molecule has 0 bridgehead atoms. The van der Waals surface area contributed by atoms with E-state index in [-0.39, 0.29) is 0 Å². The molecule has 1 nitrogen and oxygen atoms in total. The second-order valence-electron chi connectivity index (χ2n) is 2.25. The van der Waals surface area contributed by atoms with Gasteiger partial charge in [0, 0.05) is 17.8 Å². The summed E-state index contributed by atoms with van der Waals surface area (Å²) in [5, 5.41) is 3.10. The predicted molar refractivity (Wildman–Crippen MR) is 55.7 cm³/mol. The number of rotatable bonds is 2. The minimum atomic E-state index is 0.880. The van der Waals surface area contributed by atoms with Gasteiger partial charge >= 0.3 is 0 Å². The fourth-order valence-electron chi connectivity index (χ4n) is 1.00. The summed E-state index contributed by atoms with van der Waals surface area (Å²) in [5.74, 6) is 0. The summed E-state index contributed by atoms with van der Waals surface area (Å²) in [5.41, 5.74) is 3.24. The highest BCUT2D eigenvalue weighted by Crippen LogP contribution is 2.20. The van der Waals surface area contributed by atoms with E-state index in [1.54, 1.807) is 6.08 Å². The van der Waals surface area contributed by atoms with E-state index in [2.05, 4.69) is 25.1 Å². The second kappa shape index (κ2) is 5.42. The van der Waals surface area contributed by atoms with Crippen LogP contribution in [0.25, 0.3) is 0 Å². The molecule has 1 heterocycles. The van der Waals surface area contributed by atoms with Crippen LogP contribution in [0.1, 0.15) is 20.3 Å². The van der Waals surface area contributed by atoms with E-state index in [9.17, 15) is 0 Å². The van der Waals surface area contributed by atoms with Gasteiger partial charge in [-0.2, -0.15) is 0 Å². The van der Waals surface area contributed by atoms with Crippen molar-refractivity contribution < 1.29 is 0 Å². The summed E-state index contributed by atoms with van der Waals surface area (Å²) >= 11 is 0. The molecule has 0 atom stereocenters. The highest BCUT2D eigenvalue weighted by molar-refractivity contribution is 5.40. The maximum Gasteiger partial charge on any atom is 0.0412 e. The Kier molecular flexibility index (Phi) is 4.86. The van der Waals surface area contributed by atoms with Crippen LogP contribution < -0.4 is 5.32 Å². The van der Waals surface area contributed by atoms with Crippen molar-refractivity contribution in [3.63, 3.8) is 0 Å². The second-order valence-corrected chi connectivity index (χ2v) is 2.25. The number of allylic oxidation sites excluding steroid dienone is 3. The molecule has 0 aliphatic carbocycles. The molecule has 0 saturated heterocycles. The van der Waals surface area contributed by atoms with Crippen molar-refractivity contribution in [2.24, 2.45) is 0 Å². The molecule has 1 aliphatic rings. The largest absolute Gasteiger partial charge is 0.359 e. The highest BCUT2D eigenvalue weighted by atomic mass is 14.9. The van der Waals surface area contributed by atoms with E-state index in [1.807, 2.05) is 19.9 Å². The van der Waals surface area contributed by atoms with Crippen LogP contribution in [0.15, 0.2) is 48.9 Å². The Bertz CT molecular complexity index is 199. The van der Waals surface area contributed by atoms with Crippen molar-refractivity contribution in [3.05, 3.63) is 48.9 Å². The molecule has 0 spiro atoms. The van der Waals surface area contributed by atoms with Gasteiger partial charge in [0.05, 0.1) is 0 Å². The zero-order valence-corrected chi connectivity index (χ0v) is 7.98. The van der Waals surface area contributed by atoms with Gasteiger partial charge in [0.25, 0.3) is 0 Å². The number of hydrogen-bond donors (Lipinski definition) is 1. The molecule has 1 rings (SSSR count). The Morgan fingerprint density at radius 2 is 1.83 bits per heavy atom. The third-order valence-electron chi connectivity index (χ3n) is 1.51. The molecule has 66 valence electrons. The molecule has 0 aromatic carbocycles. The van der Waals surface area contributed by atoms with E-state index >= 15 is 0 Å². The van der Waals surface area contributed by atoms with Crippen molar-refractivity contribution >= 4 is 0 Å². The predicted octanol–water partition coefficient (Wildman–Crippen LogP) is 3.15. The first-order chi connectivity index (χ1) is 5.77. The lowest BCUT2D eigenvalue weighted by molar-refractivity contribution is 1.04. The first-order valence-electron chi connectivity index (χ1n) is 4.20. The summed E-state index contributed by atoms with van der Waals surface area (Å²) in [6.45, 7) is 15.2. The number of hydrogen-bond acceptors (Lipinski definition) is 1. The average Bonchev–Trinajstić information content (AvgIpc) is 2.49. The van der Waals surface area contributed by atoms with Gasteiger partial charge in [0.2, 0.25) is 0 Å². The van der Waals surface area contributed by atoms with Gasteiger partial charge in [-0.3, -0.25) is 0 Å². The van der Waals surface area contributed by atoms with Crippen molar-refractivity contribution in [2.45, 2.75) is 20.3 Å². The summed E-state index contributed by atoms with van der Waals surface area (Å²) in [6.07, 6.45) is 4.50. The van der Waals surface area contributed by atoms with Crippen LogP contribution in [0.3, 0.4) is 0 Å². The Hall–Kier alpha value is -1.24. The summed E-state index contributed by atoms with van der Waals surface area (Å²) in [6, 6.07) is 0. The molecular formula is C11H17N. The molecule has 0 unspecified atom stereocenters. The zero-order valence-electron chi connectivity index (χ0n) is 7.98. The molecule has 1 heteroatoms. The lowest BCUT2D eigenvalue weighted by Crippen LogP contribution is -2.01. The molecule has 0 aromatic rings. The van der Waals surface area contributed by atoms with Crippen LogP contribution >= 0.6 is 0 Å². The third-order valence-corrected chi connectivity index (χ3v) is 1.51. The van der Waals surface area contributed by atoms with Crippen molar-refractivity contribution in [1.29, 1.82) is 0 Å². The van der Waals surface area contributed by atoms with Gasteiger partial charge in [-0.05, 0) is 11.6 Å². The van der Waals surface area contributed by atoms with Crippen LogP contribution in [0, 0.1) is 0 Å². The quantitative estimate of drug-likeness (QED) is 0.659. The third kappa shape index (κ3) is 2.42. The summed E-state index contributed by atoms with van der Waals surface area (Å²) in [7, 11) is 0. The van der Waals surface area contributed by atoms with Crippen LogP contribution in [-0.4, -0.2) is 0 Å². The summed E-state index contributed by atoms with van der Waals surface area (Å²) in [4.78, 5) is 0. The van der Waals surface area contributed by atoms with E-state index < -0.39 is 0 Å². The number of nitrogens with one attached hydrogen (secondary N) is 1. The molecule has 0 saturated carbocycles. The van der Waals surface area contributed by atoms with Gasteiger partial charge in [-0.1, -0.05) is 39.7 Å². The molecule has 1 aliphatic heterocycles. The molecule has 12 heavy (non-hydrogen) atoms. The minimum Gasteiger partial charge on any atom is -0.359 e. The van der Waals surface area contributed by atoms with E-state index in [0.29, 0.717) is 0 Å². The standard InChI is InChI=1S/C9H11N.C2H6/c1-4-8-6-7(3)10-9(8)5-2;1-2/h4-5,10H,1-3,6H2;1-2H3.